The lowest BCUT2D eigenvalue weighted by Gasteiger charge is -2.23. The van der Waals surface area contributed by atoms with Crippen molar-refractivity contribution in [2.75, 3.05) is 18.1 Å². The molecule has 0 amide bonds. The Morgan fingerprint density at radius 1 is 1.22 bits per heavy atom. The Bertz CT molecular complexity index is 413. The first-order valence-electron chi connectivity index (χ1n) is 5.98. The van der Waals surface area contributed by atoms with E-state index in [0.717, 1.165) is 18.2 Å². The third-order valence-electron chi connectivity index (χ3n) is 2.61. The van der Waals surface area contributed by atoms with Gasteiger partial charge >= 0.3 is 0 Å². The number of hydrogen-bond acceptors (Lipinski definition) is 4. The molecular formula is C13H22ClN3S. The van der Waals surface area contributed by atoms with E-state index >= 15 is 0 Å². The molecule has 0 unspecified atom stereocenters. The molecule has 5 heteroatoms. The number of aromatic nitrogens is 2. The summed E-state index contributed by atoms with van der Waals surface area (Å²) < 4.78 is 0.166. The van der Waals surface area contributed by atoms with E-state index in [0.29, 0.717) is 5.15 Å². The van der Waals surface area contributed by atoms with Crippen LogP contribution in [0.4, 0.5) is 5.82 Å². The van der Waals surface area contributed by atoms with Crippen molar-refractivity contribution in [1.29, 1.82) is 0 Å². The Hall–Kier alpha value is -0.480. The zero-order valence-electron chi connectivity index (χ0n) is 12.0. The van der Waals surface area contributed by atoms with Gasteiger partial charge in [0.1, 0.15) is 16.8 Å². The van der Waals surface area contributed by atoms with Crippen LogP contribution < -0.4 is 5.32 Å². The minimum atomic E-state index is -0.101. The van der Waals surface area contributed by atoms with Crippen molar-refractivity contribution >= 4 is 29.2 Å². The van der Waals surface area contributed by atoms with Crippen LogP contribution >= 0.6 is 23.4 Å². The average molecular weight is 288 g/mol. The molecule has 0 aliphatic carbocycles. The predicted octanol–water partition coefficient (Wildman–Crippen LogP) is 3.98. The van der Waals surface area contributed by atoms with E-state index in [1.807, 2.05) is 11.8 Å². The van der Waals surface area contributed by atoms with Gasteiger partial charge in [0, 0.05) is 22.8 Å². The van der Waals surface area contributed by atoms with Gasteiger partial charge in [-0.3, -0.25) is 0 Å². The molecule has 0 radical (unpaired) electrons. The summed E-state index contributed by atoms with van der Waals surface area (Å²) in [5, 5.41) is 3.82. The topological polar surface area (TPSA) is 37.8 Å². The first kappa shape index (κ1) is 15.6. The molecule has 0 bridgehead atoms. The Balaban J connectivity index is 2.88. The van der Waals surface area contributed by atoms with Gasteiger partial charge in [-0.05, 0) is 20.1 Å². The number of nitrogens with zero attached hydrogens (tertiary/aromatic N) is 2. The molecule has 1 aromatic heterocycles. The van der Waals surface area contributed by atoms with Gasteiger partial charge in [0.2, 0.25) is 0 Å². The highest BCUT2D eigenvalue weighted by atomic mass is 35.5. The summed E-state index contributed by atoms with van der Waals surface area (Å²) in [6.07, 6.45) is 2.11. The van der Waals surface area contributed by atoms with Crippen LogP contribution in [0.5, 0.6) is 0 Å². The zero-order chi connectivity index (χ0) is 14.0. The average Bonchev–Trinajstić information content (AvgIpc) is 2.25. The molecule has 0 aliphatic heterocycles. The third-order valence-corrected chi connectivity index (χ3v) is 4.06. The van der Waals surface area contributed by atoms with Crippen molar-refractivity contribution in [2.24, 2.45) is 0 Å². The second-order valence-electron chi connectivity index (χ2n) is 5.97. The van der Waals surface area contributed by atoms with Crippen molar-refractivity contribution in [2.45, 2.75) is 44.8 Å². The van der Waals surface area contributed by atoms with Crippen LogP contribution in [0.2, 0.25) is 5.15 Å². The maximum Gasteiger partial charge on any atom is 0.137 e. The van der Waals surface area contributed by atoms with Crippen molar-refractivity contribution in [3.63, 3.8) is 0 Å². The molecule has 0 saturated heterocycles. The van der Waals surface area contributed by atoms with Crippen molar-refractivity contribution in [3.05, 3.63) is 17.0 Å². The van der Waals surface area contributed by atoms with E-state index in [4.69, 9.17) is 11.6 Å². The smallest absolute Gasteiger partial charge is 0.137 e. The molecule has 18 heavy (non-hydrogen) atoms. The molecule has 0 spiro atoms. The summed E-state index contributed by atoms with van der Waals surface area (Å²) >= 11 is 7.86. The van der Waals surface area contributed by atoms with E-state index in [1.165, 1.54) is 0 Å². The van der Waals surface area contributed by atoms with Crippen LogP contribution in [-0.2, 0) is 5.41 Å². The number of thioether (sulfide) groups is 1. The molecule has 0 saturated carbocycles. The summed E-state index contributed by atoms with van der Waals surface area (Å²) in [5.74, 6) is 1.56. The maximum atomic E-state index is 6.04. The first-order valence-corrected chi connectivity index (χ1v) is 7.58. The van der Waals surface area contributed by atoms with Crippen LogP contribution in [0.3, 0.4) is 0 Å². The van der Waals surface area contributed by atoms with Gasteiger partial charge in [0.15, 0.2) is 0 Å². The fraction of sp³-hybridized carbons (Fsp3) is 0.692. The number of anilines is 1. The summed E-state index contributed by atoms with van der Waals surface area (Å²) in [6, 6.07) is 1.77. The third kappa shape index (κ3) is 4.65. The summed E-state index contributed by atoms with van der Waals surface area (Å²) in [5.41, 5.74) is -0.101. The fourth-order valence-corrected chi connectivity index (χ4v) is 1.62. The molecule has 0 atom stereocenters. The van der Waals surface area contributed by atoms with E-state index in [-0.39, 0.29) is 10.2 Å². The van der Waals surface area contributed by atoms with Gasteiger partial charge in [-0.15, -0.1) is 0 Å². The lowest BCUT2D eigenvalue weighted by atomic mass is 9.96. The summed E-state index contributed by atoms with van der Waals surface area (Å²) in [7, 11) is 0. The molecule has 0 aliphatic rings. The van der Waals surface area contributed by atoms with Crippen molar-refractivity contribution in [1.82, 2.24) is 9.97 Å². The molecular weight excluding hydrogens is 266 g/mol. The Kier molecular flexibility index (Phi) is 4.90. The van der Waals surface area contributed by atoms with Crippen LogP contribution in [0.25, 0.3) is 0 Å². The second-order valence-corrected chi connectivity index (χ2v) is 7.87. The maximum absolute atomic E-state index is 6.04. The van der Waals surface area contributed by atoms with Crippen molar-refractivity contribution < 1.29 is 0 Å². The van der Waals surface area contributed by atoms with E-state index in [2.05, 4.69) is 56.2 Å². The molecule has 1 N–H and O–H groups in total. The fourth-order valence-electron chi connectivity index (χ4n) is 1.22. The van der Waals surface area contributed by atoms with Crippen LogP contribution in [-0.4, -0.2) is 27.5 Å². The Morgan fingerprint density at radius 3 is 2.33 bits per heavy atom. The second kappa shape index (κ2) is 5.66. The standard InChI is InChI=1S/C13H22ClN3S/c1-12(2,3)11-16-9(14)7-10(17-11)15-8-13(4,5)18-6/h7H,8H2,1-6H3,(H,15,16,17). The SMILES string of the molecule is CSC(C)(C)CNc1cc(Cl)nc(C(C)(C)C)n1. The highest BCUT2D eigenvalue weighted by Crippen LogP contribution is 2.24. The number of nitrogens with one attached hydrogen (secondary N) is 1. The number of hydrogen-bond donors (Lipinski definition) is 1. The predicted molar refractivity (Wildman–Crippen MR) is 81.8 cm³/mol. The first-order chi connectivity index (χ1) is 8.14. The monoisotopic (exact) mass is 287 g/mol. The van der Waals surface area contributed by atoms with Crippen molar-refractivity contribution in [3.8, 4) is 0 Å². The van der Waals surface area contributed by atoms with Gasteiger partial charge in [0.05, 0.1) is 0 Å². The number of rotatable bonds is 4. The lowest BCUT2D eigenvalue weighted by molar-refractivity contribution is 0.545. The zero-order valence-corrected chi connectivity index (χ0v) is 13.5. The van der Waals surface area contributed by atoms with E-state index < -0.39 is 0 Å². The molecule has 102 valence electrons. The Morgan fingerprint density at radius 2 is 1.83 bits per heavy atom. The molecule has 1 rings (SSSR count). The van der Waals surface area contributed by atoms with Crippen LogP contribution in [0.1, 0.15) is 40.4 Å². The van der Waals surface area contributed by atoms with Gasteiger partial charge in [0.25, 0.3) is 0 Å². The normalized spacial score (nSPS) is 12.6. The molecule has 1 aromatic rings. The Labute approximate surface area is 119 Å². The minimum absolute atomic E-state index is 0.101. The van der Waals surface area contributed by atoms with E-state index in [9.17, 15) is 0 Å². The minimum Gasteiger partial charge on any atom is -0.369 e. The van der Waals surface area contributed by atoms with Gasteiger partial charge < -0.3 is 5.32 Å². The molecule has 3 nitrogen and oxygen atoms in total. The van der Waals surface area contributed by atoms with Gasteiger partial charge in [-0.25, -0.2) is 9.97 Å². The summed E-state index contributed by atoms with van der Waals surface area (Å²) in [4.78, 5) is 8.81. The highest BCUT2D eigenvalue weighted by Gasteiger charge is 2.20. The van der Waals surface area contributed by atoms with Crippen LogP contribution in [0, 0.1) is 0 Å². The summed E-state index contributed by atoms with van der Waals surface area (Å²) in [6.45, 7) is 11.5. The van der Waals surface area contributed by atoms with Gasteiger partial charge in [-0.1, -0.05) is 32.4 Å². The molecule has 0 fully saturated rings. The largest absolute Gasteiger partial charge is 0.369 e. The lowest BCUT2D eigenvalue weighted by Crippen LogP contribution is -2.27. The quantitative estimate of drug-likeness (QED) is 0.850. The molecule has 0 aromatic carbocycles. The van der Waals surface area contributed by atoms with Gasteiger partial charge in [-0.2, -0.15) is 11.8 Å². The van der Waals surface area contributed by atoms with Crippen LogP contribution in [0.15, 0.2) is 6.07 Å². The molecule has 1 heterocycles. The van der Waals surface area contributed by atoms with E-state index in [1.54, 1.807) is 6.07 Å². The highest BCUT2D eigenvalue weighted by molar-refractivity contribution is 7.99. The number of halogens is 1.